The van der Waals surface area contributed by atoms with E-state index in [-0.39, 0.29) is 52.1 Å². The van der Waals surface area contributed by atoms with Gasteiger partial charge in [-0.05, 0) is 6.42 Å². The van der Waals surface area contributed by atoms with Crippen molar-refractivity contribution in [3.63, 3.8) is 0 Å². The van der Waals surface area contributed by atoms with E-state index in [0.717, 1.165) is 6.92 Å². The molecule has 1 atom stereocenters. The first-order valence-corrected chi connectivity index (χ1v) is 13.2. The predicted molar refractivity (Wildman–Crippen MR) is 142 cm³/mol. The van der Waals surface area contributed by atoms with Crippen molar-refractivity contribution in [1.82, 2.24) is 5.32 Å². The highest BCUT2D eigenvalue weighted by Crippen LogP contribution is 2.25. The molecule has 43 heavy (non-hydrogen) atoms. The molecular weight excluding hydrogens is 578 g/mol. The van der Waals surface area contributed by atoms with Crippen LogP contribution in [0, 0.1) is 17.8 Å². The van der Waals surface area contributed by atoms with Crippen molar-refractivity contribution >= 4 is 41.7 Å². The Labute approximate surface area is 248 Å². The number of aliphatic hydroxyl groups excluding tert-OH is 2. The third kappa shape index (κ3) is 17.4. The van der Waals surface area contributed by atoms with Gasteiger partial charge in [0.1, 0.15) is 32.0 Å². The van der Waals surface area contributed by atoms with Crippen molar-refractivity contribution in [3.8, 4) is 12.3 Å². The molecule has 0 aromatic rings. The summed E-state index contributed by atoms with van der Waals surface area (Å²) >= 11 is 0. The van der Waals surface area contributed by atoms with E-state index < -0.39 is 91.8 Å². The molecule has 0 rings (SSSR count). The third-order valence-electron chi connectivity index (χ3n) is 5.88. The first kappa shape index (κ1) is 38.8. The fraction of sp³-hybridized carbons (Fsp3) is 0.667. The second-order valence-corrected chi connectivity index (χ2v) is 9.52. The maximum absolute atomic E-state index is 12.3. The molecule has 1 amide bonds. The van der Waals surface area contributed by atoms with Crippen molar-refractivity contribution in [1.29, 1.82) is 0 Å². The Morgan fingerprint density at radius 2 is 1.14 bits per heavy atom. The van der Waals surface area contributed by atoms with E-state index in [1.807, 2.05) is 0 Å². The molecule has 242 valence electrons. The maximum atomic E-state index is 12.3. The van der Waals surface area contributed by atoms with Gasteiger partial charge in [-0.1, -0.05) is 12.8 Å². The fourth-order valence-electron chi connectivity index (χ4n) is 3.03. The molecule has 16 nitrogen and oxygen atoms in total. The molecule has 0 heterocycles. The first-order chi connectivity index (χ1) is 20.3. The summed E-state index contributed by atoms with van der Waals surface area (Å²) in [7, 11) is 0. The van der Waals surface area contributed by atoms with Gasteiger partial charge in [-0.25, -0.2) is 0 Å². The Morgan fingerprint density at radius 3 is 1.58 bits per heavy atom. The molecule has 0 spiro atoms. The molecule has 16 heteroatoms. The fourth-order valence-corrected chi connectivity index (χ4v) is 3.03. The number of nitrogens with one attached hydrogen (secondary N) is 1. The average molecular weight is 618 g/mol. The molecule has 0 aromatic heterocycles. The van der Waals surface area contributed by atoms with Crippen molar-refractivity contribution in [2.75, 3.05) is 46.2 Å². The number of aliphatic hydroxyl groups is 2. The Morgan fingerprint density at radius 1 is 0.698 bits per heavy atom. The van der Waals surface area contributed by atoms with Gasteiger partial charge in [0, 0.05) is 13.3 Å². The summed E-state index contributed by atoms with van der Waals surface area (Å²) in [5.41, 5.74) is -2.91. The van der Waals surface area contributed by atoms with Gasteiger partial charge in [-0.15, -0.1) is 6.42 Å². The summed E-state index contributed by atoms with van der Waals surface area (Å²) in [4.78, 5) is 82.0. The van der Waals surface area contributed by atoms with E-state index >= 15 is 0 Å². The van der Waals surface area contributed by atoms with Crippen molar-refractivity contribution < 1.29 is 72.6 Å². The zero-order valence-electron chi connectivity index (χ0n) is 24.2. The second kappa shape index (κ2) is 20.6. The Balaban J connectivity index is 4.92. The number of terminal acetylenes is 1. The van der Waals surface area contributed by atoms with E-state index in [1.165, 1.54) is 0 Å². The van der Waals surface area contributed by atoms with Crippen molar-refractivity contribution in [2.45, 2.75) is 64.3 Å². The molecule has 0 saturated carbocycles. The van der Waals surface area contributed by atoms with Gasteiger partial charge < -0.3 is 44.3 Å². The van der Waals surface area contributed by atoms with Crippen LogP contribution in [-0.2, 0) is 57.2 Å². The summed E-state index contributed by atoms with van der Waals surface area (Å²) in [6.07, 6.45) is 2.75. The van der Waals surface area contributed by atoms with Crippen LogP contribution in [0.3, 0.4) is 0 Å². The van der Waals surface area contributed by atoms with Crippen LogP contribution in [0.4, 0.5) is 0 Å². The van der Waals surface area contributed by atoms with Gasteiger partial charge in [-0.3, -0.25) is 33.6 Å². The Kier molecular flexibility index (Phi) is 18.6. The van der Waals surface area contributed by atoms with Crippen LogP contribution >= 0.6 is 0 Å². The smallest absolute Gasteiger partial charge is 0.307 e. The molecular formula is C27H39NO15. The number of hydrogen-bond acceptors (Lipinski definition) is 14. The van der Waals surface area contributed by atoms with Crippen LogP contribution in [0.5, 0.6) is 0 Å². The van der Waals surface area contributed by atoms with Crippen LogP contribution in [0.25, 0.3) is 0 Å². The molecule has 0 aliphatic carbocycles. The predicted octanol–water partition coefficient (Wildman–Crippen LogP) is -0.983. The highest BCUT2D eigenvalue weighted by molar-refractivity contribution is 5.82. The Hall–Kier alpha value is -4.23. The van der Waals surface area contributed by atoms with Gasteiger partial charge in [0.2, 0.25) is 5.91 Å². The van der Waals surface area contributed by atoms with Gasteiger partial charge in [0.05, 0.1) is 50.7 Å². The van der Waals surface area contributed by atoms with E-state index in [1.54, 1.807) is 6.92 Å². The molecule has 0 aliphatic heterocycles. The minimum absolute atomic E-state index is 0.226. The molecule has 0 bridgehead atoms. The molecule has 0 saturated heterocycles. The van der Waals surface area contributed by atoms with Crippen LogP contribution in [-0.4, -0.2) is 109 Å². The monoisotopic (exact) mass is 617 g/mol. The highest BCUT2D eigenvalue weighted by atomic mass is 16.6. The largest absolute Gasteiger partial charge is 0.481 e. The summed E-state index contributed by atoms with van der Waals surface area (Å²) < 4.78 is 25.0. The van der Waals surface area contributed by atoms with Gasteiger partial charge in [0.25, 0.3) is 0 Å². The zero-order chi connectivity index (χ0) is 32.9. The minimum atomic E-state index is -1.77. The van der Waals surface area contributed by atoms with Crippen LogP contribution < -0.4 is 5.32 Å². The number of hydrogen-bond donors (Lipinski definition) is 4. The quantitative estimate of drug-likeness (QED) is 0.0648. The number of rotatable bonds is 22. The normalized spacial score (nSPS) is 12.1. The lowest BCUT2D eigenvalue weighted by Gasteiger charge is -2.31. The number of carboxylic acids is 1. The number of carbonyl (C=O) groups is 7. The molecule has 1 unspecified atom stereocenters. The molecule has 0 aromatic carbocycles. The van der Waals surface area contributed by atoms with Gasteiger partial charge in [0.15, 0.2) is 6.61 Å². The van der Waals surface area contributed by atoms with E-state index in [0.29, 0.717) is 0 Å². The summed E-state index contributed by atoms with van der Waals surface area (Å²) in [6.45, 7) is -0.729. The second-order valence-electron chi connectivity index (χ2n) is 9.52. The molecule has 0 radical (unpaired) electrons. The number of esters is 5. The number of amides is 1. The highest BCUT2D eigenvalue weighted by Gasteiger charge is 2.35. The number of carbonyl (C=O) groups excluding carboxylic acids is 6. The maximum Gasteiger partial charge on any atom is 0.307 e. The SMILES string of the molecule is C#CCOC(=O)CCC(=O)NC(CO)(CO)COC(=O)CCC(=O)OCC(CC)(COC(C)=O)COC(=O)CCC(=O)O. The lowest BCUT2D eigenvalue weighted by Crippen LogP contribution is -2.57. The summed E-state index contributed by atoms with van der Waals surface area (Å²) in [5, 5.41) is 30.4. The first-order valence-electron chi connectivity index (χ1n) is 13.2. The van der Waals surface area contributed by atoms with Crippen LogP contribution in [0.2, 0.25) is 0 Å². The van der Waals surface area contributed by atoms with Crippen LogP contribution in [0.1, 0.15) is 58.8 Å². The standard InChI is InChI=1S/C27H39NO15/c1-4-12-39-22(35)8-6-20(32)28-27(13-29,14-30)18-43-25(38)11-10-24(37)42-17-26(5-2,15-40-19(3)31)16-41-23(36)9-7-21(33)34/h1,29-30H,5-18H2,2-3H3,(H,28,32)(H,33,34). The van der Waals surface area contributed by atoms with Crippen molar-refractivity contribution in [2.24, 2.45) is 5.41 Å². The van der Waals surface area contributed by atoms with Gasteiger partial charge in [-0.2, -0.15) is 0 Å². The topological polar surface area (TPSA) is 238 Å². The van der Waals surface area contributed by atoms with Crippen LogP contribution in [0.15, 0.2) is 0 Å². The van der Waals surface area contributed by atoms with Gasteiger partial charge >= 0.3 is 35.8 Å². The average Bonchev–Trinajstić information content (AvgIpc) is 2.98. The number of ether oxygens (including phenoxy) is 5. The number of aliphatic carboxylic acids is 1. The van der Waals surface area contributed by atoms with E-state index in [4.69, 9.17) is 30.5 Å². The molecule has 4 N–H and O–H groups in total. The van der Waals surface area contributed by atoms with E-state index in [2.05, 4.69) is 16.0 Å². The lowest BCUT2D eigenvalue weighted by atomic mass is 9.88. The molecule has 0 aliphatic rings. The van der Waals surface area contributed by atoms with E-state index in [9.17, 15) is 43.8 Å². The third-order valence-corrected chi connectivity index (χ3v) is 5.88. The minimum Gasteiger partial charge on any atom is -0.481 e. The lowest BCUT2D eigenvalue weighted by molar-refractivity contribution is -0.164. The summed E-state index contributed by atoms with van der Waals surface area (Å²) in [6, 6.07) is 0. The number of carboxylic acid groups (broad SMARTS) is 1. The molecule has 0 fully saturated rings. The summed E-state index contributed by atoms with van der Waals surface area (Å²) in [5.74, 6) is -3.80. The zero-order valence-corrected chi connectivity index (χ0v) is 24.2. The Bertz CT molecular complexity index is 1010. The van der Waals surface area contributed by atoms with Crippen molar-refractivity contribution in [3.05, 3.63) is 0 Å².